The van der Waals surface area contributed by atoms with Crippen LogP contribution in [0.5, 0.6) is 0 Å². The third kappa shape index (κ3) is 5.68. The minimum absolute atomic E-state index is 0.00454. The SMILES string of the molecule is CCN(C(=O)[C@H](Cc1ccccc1)NC(=O)C(N)Cc1ccccc1)[C@H]1C2CCC(C2)C1c1ccccc1. The average Bonchev–Trinajstić information content (AvgIpc) is 3.57. The molecule has 2 aliphatic carbocycles. The van der Waals surface area contributed by atoms with Gasteiger partial charge in [0, 0.05) is 24.9 Å². The number of amides is 2. The molecular formula is C33H39N3O2. The van der Waals surface area contributed by atoms with Crippen LogP contribution < -0.4 is 11.1 Å². The predicted molar refractivity (Wildman–Crippen MR) is 151 cm³/mol. The molecule has 0 saturated heterocycles. The number of hydrogen-bond donors (Lipinski definition) is 2. The van der Waals surface area contributed by atoms with E-state index in [0.717, 1.165) is 11.1 Å². The minimum Gasteiger partial charge on any atom is -0.343 e. The number of benzene rings is 3. The lowest BCUT2D eigenvalue weighted by molar-refractivity contribution is -0.139. The Kier molecular flexibility index (Phi) is 8.23. The lowest BCUT2D eigenvalue weighted by atomic mass is 9.78. The molecule has 38 heavy (non-hydrogen) atoms. The summed E-state index contributed by atoms with van der Waals surface area (Å²) >= 11 is 0. The zero-order valence-electron chi connectivity index (χ0n) is 22.2. The van der Waals surface area contributed by atoms with E-state index in [1.807, 2.05) is 60.7 Å². The normalized spacial score (nSPS) is 23.5. The fourth-order valence-electron chi connectivity index (χ4n) is 6.86. The van der Waals surface area contributed by atoms with Crippen LogP contribution in [0.3, 0.4) is 0 Å². The van der Waals surface area contributed by atoms with Crippen molar-refractivity contribution in [2.24, 2.45) is 17.6 Å². The first-order chi connectivity index (χ1) is 18.5. The molecule has 0 aromatic heterocycles. The Bertz CT molecular complexity index is 1200. The number of nitrogens with zero attached hydrogens (tertiary/aromatic N) is 1. The van der Waals surface area contributed by atoms with Gasteiger partial charge in [-0.3, -0.25) is 9.59 Å². The first-order valence-corrected chi connectivity index (χ1v) is 14.0. The van der Waals surface area contributed by atoms with E-state index in [1.54, 1.807) is 0 Å². The Balaban J connectivity index is 1.39. The van der Waals surface area contributed by atoms with Crippen LogP contribution in [0.15, 0.2) is 91.0 Å². The number of likely N-dealkylation sites (N-methyl/N-ethyl adjacent to an activating group) is 1. The van der Waals surface area contributed by atoms with Crippen molar-refractivity contribution in [3.05, 3.63) is 108 Å². The lowest BCUT2D eigenvalue weighted by Gasteiger charge is -2.41. The number of nitrogens with one attached hydrogen (secondary N) is 1. The highest BCUT2D eigenvalue weighted by atomic mass is 16.2. The molecular weight excluding hydrogens is 470 g/mol. The highest BCUT2D eigenvalue weighted by Crippen LogP contribution is 2.55. The van der Waals surface area contributed by atoms with E-state index in [0.29, 0.717) is 37.1 Å². The summed E-state index contributed by atoms with van der Waals surface area (Å²) < 4.78 is 0. The lowest BCUT2D eigenvalue weighted by Crippen LogP contribution is -2.57. The van der Waals surface area contributed by atoms with E-state index in [4.69, 9.17) is 5.73 Å². The van der Waals surface area contributed by atoms with Gasteiger partial charge >= 0.3 is 0 Å². The first kappa shape index (κ1) is 26.2. The van der Waals surface area contributed by atoms with E-state index in [1.165, 1.54) is 24.8 Å². The molecule has 3 N–H and O–H groups in total. The quantitative estimate of drug-likeness (QED) is 0.416. The molecule has 3 aromatic rings. The molecule has 4 unspecified atom stereocenters. The van der Waals surface area contributed by atoms with Crippen LogP contribution in [0.1, 0.15) is 48.8 Å². The highest BCUT2D eigenvalue weighted by Gasteiger charge is 2.51. The third-order valence-electron chi connectivity index (χ3n) is 8.57. The smallest absolute Gasteiger partial charge is 0.245 e. The van der Waals surface area contributed by atoms with Gasteiger partial charge in [0.1, 0.15) is 6.04 Å². The van der Waals surface area contributed by atoms with Crippen LogP contribution >= 0.6 is 0 Å². The van der Waals surface area contributed by atoms with E-state index >= 15 is 0 Å². The summed E-state index contributed by atoms with van der Waals surface area (Å²) in [5.41, 5.74) is 9.68. The Hall–Kier alpha value is -3.44. The molecule has 0 heterocycles. The monoisotopic (exact) mass is 509 g/mol. The Morgan fingerprint density at radius 2 is 1.39 bits per heavy atom. The second-order valence-corrected chi connectivity index (χ2v) is 10.9. The minimum atomic E-state index is -0.724. The van der Waals surface area contributed by atoms with Gasteiger partial charge in [-0.25, -0.2) is 0 Å². The summed E-state index contributed by atoms with van der Waals surface area (Å²) in [6.45, 7) is 2.68. The van der Waals surface area contributed by atoms with Crippen LogP contribution in [0.25, 0.3) is 0 Å². The Morgan fingerprint density at radius 1 is 0.842 bits per heavy atom. The van der Waals surface area contributed by atoms with Crippen molar-refractivity contribution < 1.29 is 9.59 Å². The number of carbonyl (C=O) groups excluding carboxylic acids is 2. The summed E-state index contributed by atoms with van der Waals surface area (Å²) in [7, 11) is 0. The van der Waals surface area contributed by atoms with Crippen molar-refractivity contribution >= 4 is 11.8 Å². The van der Waals surface area contributed by atoms with Crippen molar-refractivity contribution in [1.29, 1.82) is 0 Å². The van der Waals surface area contributed by atoms with Gasteiger partial charge in [-0.2, -0.15) is 0 Å². The summed E-state index contributed by atoms with van der Waals surface area (Å²) in [6, 6.07) is 29.1. The molecule has 2 fully saturated rings. The molecule has 2 amide bonds. The number of hydrogen-bond acceptors (Lipinski definition) is 3. The third-order valence-corrected chi connectivity index (χ3v) is 8.57. The van der Waals surface area contributed by atoms with Gasteiger partial charge in [0.05, 0.1) is 6.04 Å². The van der Waals surface area contributed by atoms with Gasteiger partial charge in [-0.05, 0) is 61.1 Å². The van der Waals surface area contributed by atoms with Crippen LogP contribution in [0, 0.1) is 11.8 Å². The first-order valence-electron chi connectivity index (χ1n) is 14.0. The molecule has 0 radical (unpaired) electrons. The summed E-state index contributed by atoms with van der Waals surface area (Å²) in [5, 5.41) is 3.07. The zero-order valence-corrected chi connectivity index (χ0v) is 22.2. The largest absolute Gasteiger partial charge is 0.343 e. The maximum atomic E-state index is 14.3. The molecule has 0 spiro atoms. The molecule has 0 aliphatic heterocycles. The van der Waals surface area contributed by atoms with Crippen LogP contribution in [0.2, 0.25) is 0 Å². The van der Waals surface area contributed by atoms with Gasteiger partial charge in [0.25, 0.3) is 0 Å². The van der Waals surface area contributed by atoms with Gasteiger partial charge < -0.3 is 16.0 Å². The van der Waals surface area contributed by atoms with Crippen LogP contribution in [0.4, 0.5) is 0 Å². The number of fused-ring (bicyclic) bond motifs is 2. The van der Waals surface area contributed by atoms with Crippen molar-refractivity contribution in [2.75, 3.05) is 6.54 Å². The van der Waals surface area contributed by atoms with Gasteiger partial charge in [0.2, 0.25) is 11.8 Å². The fraction of sp³-hybridized carbons (Fsp3) is 0.394. The van der Waals surface area contributed by atoms with Crippen molar-refractivity contribution in [3.8, 4) is 0 Å². The molecule has 5 heteroatoms. The van der Waals surface area contributed by atoms with Crippen LogP contribution in [-0.2, 0) is 22.4 Å². The van der Waals surface area contributed by atoms with Crippen molar-refractivity contribution in [2.45, 2.75) is 63.1 Å². The zero-order chi connectivity index (χ0) is 26.5. The number of rotatable bonds is 10. The molecule has 2 aliphatic rings. The van der Waals surface area contributed by atoms with E-state index in [9.17, 15) is 9.59 Å². The van der Waals surface area contributed by atoms with Gasteiger partial charge in [0.15, 0.2) is 0 Å². The van der Waals surface area contributed by atoms with Crippen LogP contribution in [-0.4, -0.2) is 41.4 Å². The molecule has 5 nitrogen and oxygen atoms in total. The Morgan fingerprint density at radius 3 is 2.00 bits per heavy atom. The summed E-state index contributed by atoms with van der Waals surface area (Å²) in [4.78, 5) is 29.7. The van der Waals surface area contributed by atoms with E-state index in [2.05, 4.69) is 47.5 Å². The average molecular weight is 510 g/mol. The summed E-state index contributed by atoms with van der Waals surface area (Å²) in [5.74, 6) is 1.16. The molecule has 2 saturated carbocycles. The summed E-state index contributed by atoms with van der Waals surface area (Å²) in [6.07, 6.45) is 4.44. The van der Waals surface area contributed by atoms with Gasteiger partial charge in [-0.1, -0.05) is 91.0 Å². The van der Waals surface area contributed by atoms with E-state index < -0.39 is 12.1 Å². The molecule has 2 bridgehead atoms. The molecule has 6 atom stereocenters. The maximum Gasteiger partial charge on any atom is 0.245 e. The highest BCUT2D eigenvalue weighted by molar-refractivity contribution is 5.90. The number of nitrogens with two attached hydrogens (primary N) is 1. The van der Waals surface area contributed by atoms with E-state index in [-0.39, 0.29) is 17.9 Å². The molecule has 3 aromatic carbocycles. The number of carbonyl (C=O) groups is 2. The molecule has 198 valence electrons. The second-order valence-electron chi connectivity index (χ2n) is 10.9. The van der Waals surface area contributed by atoms with Gasteiger partial charge in [-0.15, -0.1) is 0 Å². The fourth-order valence-corrected chi connectivity index (χ4v) is 6.86. The maximum absolute atomic E-state index is 14.3. The molecule has 5 rings (SSSR count). The topological polar surface area (TPSA) is 75.4 Å². The predicted octanol–water partition coefficient (Wildman–Crippen LogP) is 4.71. The second kappa shape index (κ2) is 12.0. The van der Waals surface area contributed by atoms with Crippen molar-refractivity contribution in [3.63, 3.8) is 0 Å². The van der Waals surface area contributed by atoms with Crippen molar-refractivity contribution in [1.82, 2.24) is 10.2 Å². The Labute approximate surface area is 226 Å². The standard InChI is InChI=1S/C33H39N3O2/c1-2-36(31-27-19-18-26(22-27)30(31)25-16-10-5-11-17-25)33(38)29(21-24-14-8-4-9-15-24)35-32(37)28(34)20-23-12-6-3-7-13-23/h3-17,26-31H,2,18-22,34H2,1H3,(H,35,37)/t26?,27?,28?,29-,30?,31-/m0/s1.